The minimum absolute atomic E-state index is 0.117. The van der Waals surface area contributed by atoms with Crippen LogP contribution in [0.5, 0.6) is 11.5 Å². The number of hydrogen-bond acceptors (Lipinski definition) is 8. The molecule has 41 heavy (non-hydrogen) atoms. The van der Waals surface area contributed by atoms with Gasteiger partial charge in [-0.15, -0.1) is 0 Å². The number of likely N-dealkylation sites (tertiary alicyclic amines) is 1. The van der Waals surface area contributed by atoms with Crippen LogP contribution in [0.4, 0.5) is 11.6 Å². The molecule has 1 saturated heterocycles. The maximum absolute atomic E-state index is 13.3. The lowest BCUT2D eigenvalue weighted by Gasteiger charge is -2.29. The zero-order chi connectivity index (χ0) is 28.9. The minimum atomic E-state index is -0.205. The molecule has 10 heteroatoms. The van der Waals surface area contributed by atoms with Gasteiger partial charge in [0.15, 0.2) is 5.75 Å². The van der Waals surface area contributed by atoms with Crippen LogP contribution in [0.3, 0.4) is 0 Å². The number of amides is 1. The Bertz CT molecular complexity index is 1490. The van der Waals surface area contributed by atoms with Crippen molar-refractivity contribution in [1.29, 1.82) is 0 Å². The molecule has 1 aliphatic carbocycles. The number of carbonyl (C=O) groups is 1. The van der Waals surface area contributed by atoms with Gasteiger partial charge in [-0.3, -0.25) is 9.59 Å². The average molecular weight is 561 g/mol. The normalized spacial score (nSPS) is 16.9. The molecular weight excluding hydrogens is 520 g/mol. The first-order valence-corrected chi connectivity index (χ1v) is 14.5. The lowest BCUT2D eigenvalue weighted by Crippen LogP contribution is -2.43. The smallest absolute Gasteiger partial charge is 0.293 e. The number of pyridine rings is 1. The molecule has 218 valence electrons. The highest BCUT2D eigenvalue weighted by Crippen LogP contribution is 2.31. The Morgan fingerprint density at radius 2 is 1.90 bits per heavy atom. The highest BCUT2D eigenvalue weighted by atomic mass is 16.5. The molecule has 1 amide bonds. The number of hydrogen-bond donors (Lipinski definition) is 2. The third-order valence-corrected chi connectivity index (χ3v) is 8.16. The predicted octanol–water partition coefficient (Wildman–Crippen LogP) is 4.51. The molecule has 1 aliphatic heterocycles. The van der Waals surface area contributed by atoms with Crippen molar-refractivity contribution in [2.24, 2.45) is 13.0 Å². The first-order chi connectivity index (χ1) is 19.9. The maximum atomic E-state index is 13.3. The fraction of sp³-hybridized carbons (Fsp3) is 0.484. The molecule has 2 aromatic heterocycles. The van der Waals surface area contributed by atoms with Gasteiger partial charge in [-0.2, -0.15) is 0 Å². The fourth-order valence-corrected chi connectivity index (χ4v) is 5.68. The van der Waals surface area contributed by atoms with Crippen molar-refractivity contribution in [2.45, 2.75) is 51.5 Å². The van der Waals surface area contributed by atoms with E-state index in [0.717, 1.165) is 38.8 Å². The van der Waals surface area contributed by atoms with Crippen molar-refractivity contribution in [3.63, 3.8) is 0 Å². The summed E-state index contributed by atoms with van der Waals surface area (Å²) in [6.07, 6.45) is 11.9. The summed E-state index contributed by atoms with van der Waals surface area (Å²) in [4.78, 5) is 37.7. The van der Waals surface area contributed by atoms with Gasteiger partial charge in [0.1, 0.15) is 11.3 Å². The third kappa shape index (κ3) is 6.37. The number of benzene rings is 1. The van der Waals surface area contributed by atoms with E-state index < -0.39 is 0 Å². The van der Waals surface area contributed by atoms with Crippen LogP contribution in [0.25, 0.3) is 17.1 Å². The second-order valence-corrected chi connectivity index (χ2v) is 11.1. The van der Waals surface area contributed by atoms with Gasteiger partial charge in [0, 0.05) is 18.7 Å². The van der Waals surface area contributed by atoms with E-state index in [-0.39, 0.29) is 17.5 Å². The van der Waals surface area contributed by atoms with Crippen molar-refractivity contribution in [2.75, 3.05) is 39.2 Å². The van der Waals surface area contributed by atoms with E-state index in [0.29, 0.717) is 57.8 Å². The highest BCUT2D eigenvalue weighted by molar-refractivity contribution is 5.95. The summed E-state index contributed by atoms with van der Waals surface area (Å²) in [7, 11) is 5.37. The summed E-state index contributed by atoms with van der Waals surface area (Å²) in [5.74, 6) is 1.50. The van der Waals surface area contributed by atoms with Gasteiger partial charge in [0.2, 0.25) is 5.95 Å². The standard InChI is InChI=1S/C31H40N6O4/c1-5-8-23-27-25(37(3)30(39)28(23)41-19-20-9-6-7-10-20)18-32-31(35-27)34-24-12-11-21(17-26(24)40-4)29(38)33-22-13-15-36(2)16-14-22/h5,8,11-12,17-18,20,22H,6-7,9-10,13-16,19H2,1-4H3,(H,33,38)(H,32,34,35)/b8-5+. The number of rotatable bonds is 9. The van der Waals surface area contributed by atoms with Gasteiger partial charge < -0.3 is 29.6 Å². The molecule has 0 unspecified atom stereocenters. The molecule has 1 saturated carbocycles. The summed E-state index contributed by atoms with van der Waals surface area (Å²) in [6, 6.07) is 5.44. The average Bonchev–Trinajstić information content (AvgIpc) is 3.50. The SMILES string of the molecule is C/C=C/c1c(OCC2CCCC2)c(=O)n(C)c2cnc(Nc3ccc(C(=O)NC4CCN(C)CC4)cc3OC)nc12. The van der Waals surface area contributed by atoms with E-state index in [2.05, 4.69) is 27.6 Å². The third-order valence-electron chi connectivity index (χ3n) is 8.16. The molecule has 0 spiro atoms. The van der Waals surface area contributed by atoms with E-state index >= 15 is 0 Å². The monoisotopic (exact) mass is 560 g/mol. The van der Waals surface area contributed by atoms with Crippen molar-refractivity contribution in [1.82, 2.24) is 24.8 Å². The summed E-state index contributed by atoms with van der Waals surface area (Å²) in [5, 5.41) is 6.38. The van der Waals surface area contributed by atoms with Crippen molar-refractivity contribution in [3.8, 4) is 11.5 Å². The van der Waals surface area contributed by atoms with E-state index in [1.54, 1.807) is 38.6 Å². The van der Waals surface area contributed by atoms with Crippen LogP contribution in [0.2, 0.25) is 0 Å². The van der Waals surface area contributed by atoms with Gasteiger partial charge in [0.05, 0.1) is 36.7 Å². The van der Waals surface area contributed by atoms with Crippen LogP contribution in [0.15, 0.2) is 35.3 Å². The number of nitrogens with zero attached hydrogens (tertiary/aromatic N) is 4. The summed E-state index contributed by atoms with van der Waals surface area (Å²) < 4.78 is 13.3. The molecule has 2 fully saturated rings. The molecule has 2 aliphatic rings. The summed E-state index contributed by atoms with van der Waals surface area (Å²) in [5.41, 5.74) is 2.80. The lowest BCUT2D eigenvalue weighted by molar-refractivity contribution is 0.0916. The minimum Gasteiger partial charge on any atom is -0.495 e. The van der Waals surface area contributed by atoms with E-state index in [1.807, 2.05) is 19.1 Å². The predicted molar refractivity (Wildman–Crippen MR) is 161 cm³/mol. The number of aryl methyl sites for hydroxylation is 1. The topological polar surface area (TPSA) is 111 Å². The Morgan fingerprint density at radius 3 is 2.61 bits per heavy atom. The number of ether oxygens (including phenoxy) is 2. The van der Waals surface area contributed by atoms with E-state index in [1.165, 1.54) is 17.4 Å². The molecule has 3 aromatic rings. The van der Waals surface area contributed by atoms with Crippen LogP contribution in [0, 0.1) is 5.92 Å². The Balaban J connectivity index is 1.41. The van der Waals surface area contributed by atoms with Crippen molar-refractivity contribution in [3.05, 3.63) is 52.0 Å². The second-order valence-electron chi connectivity index (χ2n) is 11.1. The maximum Gasteiger partial charge on any atom is 0.293 e. The van der Waals surface area contributed by atoms with Gasteiger partial charge in [-0.25, -0.2) is 9.97 Å². The number of allylic oxidation sites excluding steroid dienone is 1. The highest BCUT2D eigenvalue weighted by Gasteiger charge is 2.22. The van der Waals surface area contributed by atoms with Crippen molar-refractivity contribution < 1.29 is 14.3 Å². The number of fused-ring (bicyclic) bond motifs is 1. The number of methoxy groups -OCH3 is 1. The molecule has 5 rings (SSSR count). The van der Waals surface area contributed by atoms with E-state index in [9.17, 15) is 9.59 Å². The first-order valence-electron chi connectivity index (χ1n) is 14.5. The number of aromatic nitrogens is 3. The number of anilines is 2. The van der Waals surface area contributed by atoms with Crippen molar-refractivity contribution >= 4 is 34.7 Å². The molecule has 0 atom stereocenters. The lowest BCUT2D eigenvalue weighted by atomic mass is 10.0. The second kappa shape index (κ2) is 12.7. The fourth-order valence-electron chi connectivity index (χ4n) is 5.68. The van der Waals surface area contributed by atoms with Crippen LogP contribution in [-0.4, -0.2) is 65.2 Å². The quantitative estimate of drug-likeness (QED) is 0.394. The Kier molecular flexibility index (Phi) is 8.87. The van der Waals surface area contributed by atoms with Crippen LogP contribution in [-0.2, 0) is 7.05 Å². The van der Waals surface area contributed by atoms with Crippen LogP contribution >= 0.6 is 0 Å². The Hall–Kier alpha value is -3.92. The van der Waals surface area contributed by atoms with Crippen LogP contribution < -0.4 is 25.7 Å². The first kappa shape index (κ1) is 28.6. The Labute approximate surface area is 240 Å². The molecule has 3 heterocycles. The Morgan fingerprint density at radius 1 is 1.15 bits per heavy atom. The number of nitrogens with one attached hydrogen (secondary N) is 2. The summed E-state index contributed by atoms with van der Waals surface area (Å²) in [6.45, 7) is 4.37. The molecule has 1 aromatic carbocycles. The molecule has 2 N–H and O–H groups in total. The number of carbonyl (C=O) groups excluding carboxylic acids is 1. The van der Waals surface area contributed by atoms with Gasteiger partial charge in [0.25, 0.3) is 11.5 Å². The largest absolute Gasteiger partial charge is 0.495 e. The molecule has 10 nitrogen and oxygen atoms in total. The molecule has 0 radical (unpaired) electrons. The molecular formula is C31H40N6O4. The van der Waals surface area contributed by atoms with E-state index in [4.69, 9.17) is 14.5 Å². The summed E-state index contributed by atoms with van der Waals surface area (Å²) >= 11 is 0. The molecule has 0 bridgehead atoms. The van der Waals surface area contributed by atoms with Crippen LogP contribution in [0.1, 0.15) is 61.4 Å². The van der Waals surface area contributed by atoms with Gasteiger partial charge in [-0.05, 0) is 76.9 Å². The zero-order valence-electron chi connectivity index (χ0n) is 24.4. The van der Waals surface area contributed by atoms with Gasteiger partial charge >= 0.3 is 0 Å². The van der Waals surface area contributed by atoms with Gasteiger partial charge in [-0.1, -0.05) is 25.0 Å². The zero-order valence-corrected chi connectivity index (χ0v) is 24.4. The number of piperidine rings is 1.